The minimum absolute atomic E-state index is 0.114. The Morgan fingerprint density at radius 2 is 0.924 bits per heavy atom. The fraction of sp³-hybridized carbons (Fsp3) is 0.765. The molecule has 6 N–H and O–H groups in total. The van der Waals surface area contributed by atoms with Crippen molar-refractivity contribution in [2.24, 2.45) is 0 Å². The van der Waals surface area contributed by atoms with Crippen molar-refractivity contribution >= 4 is 11.9 Å². The smallest absolute Gasteiger partial charge is 0.306 e. The number of aliphatic hydroxyl groups excluding tert-OH is 5. The number of esters is 1. The molecule has 1 saturated heterocycles. The second kappa shape index (κ2) is 55.4. The Kier molecular flexibility index (Phi) is 51.8. The summed E-state index contributed by atoms with van der Waals surface area (Å²) in [6.45, 7) is 5.59. The van der Waals surface area contributed by atoms with Gasteiger partial charge in [0, 0.05) is 6.42 Å². The Hall–Kier alpha value is -3.16. The van der Waals surface area contributed by atoms with Crippen molar-refractivity contribution in [1.29, 1.82) is 0 Å². The van der Waals surface area contributed by atoms with E-state index < -0.39 is 67.4 Å². The first-order chi connectivity index (χ1) is 38.7. The second-order valence-corrected chi connectivity index (χ2v) is 22.2. The van der Waals surface area contributed by atoms with Crippen LogP contribution in [0.4, 0.5) is 0 Å². The molecule has 0 aliphatic carbocycles. The van der Waals surface area contributed by atoms with Gasteiger partial charge in [0.2, 0.25) is 5.91 Å². The molecule has 0 radical (unpaired) electrons. The number of amides is 1. The third-order valence-electron chi connectivity index (χ3n) is 14.9. The van der Waals surface area contributed by atoms with E-state index in [0.717, 1.165) is 51.4 Å². The van der Waals surface area contributed by atoms with Gasteiger partial charge in [0.05, 0.1) is 25.4 Å². The third-order valence-corrected chi connectivity index (χ3v) is 14.9. The van der Waals surface area contributed by atoms with E-state index in [-0.39, 0.29) is 19.4 Å². The van der Waals surface area contributed by atoms with Crippen LogP contribution in [0.2, 0.25) is 0 Å². The van der Waals surface area contributed by atoms with Crippen LogP contribution in [-0.4, -0.2) is 99.6 Å². The van der Waals surface area contributed by atoms with Crippen LogP contribution in [0.3, 0.4) is 0 Å². The zero-order chi connectivity index (χ0) is 57.5. The lowest BCUT2D eigenvalue weighted by atomic mass is 9.99. The number of nitrogens with one attached hydrogen (secondary N) is 1. The van der Waals surface area contributed by atoms with Crippen LogP contribution in [0.5, 0.6) is 0 Å². The molecule has 11 heteroatoms. The molecule has 456 valence electrons. The van der Waals surface area contributed by atoms with Gasteiger partial charge in [-0.15, -0.1) is 0 Å². The lowest BCUT2D eigenvalue weighted by Crippen LogP contribution is -2.61. The Morgan fingerprint density at radius 3 is 1.38 bits per heavy atom. The quantitative estimate of drug-likeness (QED) is 0.0149. The summed E-state index contributed by atoms with van der Waals surface area (Å²) in [5.41, 5.74) is 0. The Morgan fingerprint density at radius 1 is 0.506 bits per heavy atom. The summed E-state index contributed by atoms with van der Waals surface area (Å²) in [4.78, 5) is 26.5. The third kappa shape index (κ3) is 43.2. The van der Waals surface area contributed by atoms with Gasteiger partial charge < -0.3 is 45.1 Å². The largest absolute Gasteiger partial charge is 0.454 e. The Balaban J connectivity index is 2.55. The molecule has 0 aromatic rings. The molecule has 0 bridgehead atoms. The van der Waals surface area contributed by atoms with E-state index in [9.17, 15) is 35.1 Å². The SMILES string of the molecule is CC/C=C/C=C/C=C\C=C/C=C/CCC(O)C(=O)NC(COC1OC(CO)C(O)C(O)C1OC(=O)CCCCCCCCCCCCCCCCCCC/C=C/CCCCCCCC)C(O)/C=C/CCCCCCCCCCC. The maximum Gasteiger partial charge on any atom is 0.306 e. The van der Waals surface area contributed by atoms with Crippen molar-refractivity contribution < 1.29 is 49.3 Å². The first kappa shape index (κ1) is 73.9. The van der Waals surface area contributed by atoms with E-state index in [1.165, 1.54) is 173 Å². The van der Waals surface area contributed by atoms with Gasteiger partial charge in [0.1, 0.15) is 24.4 Å². The van der Waals surface area contributed by atoms with Gasteiger partial charge in [-0.05, 0) is 64.2 Å². The van der Waals surface area contributed by atoms with E-state index >= 15 is 0 Å². The fourth-order valence-electron chi connectivity index (χ4n) is 9.79. The summed E-state index contributed by atoms with van der Waals surface area (Å²) in [6, 6.07) is -1.06. The molecule has 0 spiro atoms. The normalized spacial score (nSPS) is 19.4. The molecule has 8 atom stereocenters. The summed E-state index contributed by atoms with van der Waals surface area (Å²) in [5, 5.41) is 56.8. The number of unbranched alkanes of at least 4 members (excludes halogenated alkanes) is 32. The van der Waals surface area contributed by atoms with Crippen molar-refractivity contribution in [2.45, 2.75) is 320 Å². The van der Waals surface area contributed by atoms with Gasteiger partial charge in [-0.3, -0.25) is 9.59 Å². The standard InChI is InChI=1S/C68H119NO10/c1-4-7-10-13-16-19-22-24-25-26-27-28-29-30-31-32-33-34-35-36-37-38-41-44-47-50-53-56-63(73)79-66-65(75)64(74)62(57-70)78-68(66)77-58-59(60(71)54-51-48-45-42-39-21-18-15-12-9-6-3)69-67(76)61(72)55-52-49-46-43-40-23-20-17-14-11-8-5-2/h8,11,14,17,20,23-25,40,43,46,49,51,54,59-62,64-66,68,70-72,74-75H,4-7,9-10,12-13,15-16,18-19,21-22,26-39,41-42,44-45,47-48,50,52-53,55-58H2,1-3H3,(H,69,76)/b11-8+,17-14+,23-20-,25-24+,43-40-,49-46+,54-51+. The van der Waals surface area contributed by atoms with Crippen LogP contribution in [0.15, 0.2) is 85.1 Å². The predicted octanol–water partition coefficient (Wildman–Crippen LogP) is 15.7. The average Bonchev–Trinajstić information content (AvgIpc) is 3.44. The number of hydrogen-bond acceptors (Lipinski definition) is 10. The van der Waals surface area contributed by atoms with Crippen LogP contribution in [0.25, 0.3) is 0 Å². The molecule has 0 aromatic heterocycles. The Bertz CT molecular complexity index is 1610. The molecule has 11 nitrogen and oxygen atoms in total. The monoisotopic (exact) mass is 1110 g/mol. The molecule has 1 amide bonds. The zero-order valence-electron chi connectivity index (χ0n) is 50.5. The van der Waals surface area contributed by atoms with Gasteiger partial charge in [0.15, 0.2) is 12.4 Å². The molecule has 79 heavy (non-hydrogen) atoms. The van der Waals surface area contributed by atoms with Crippen LogP contribution >= 0.6 is 0 Å². The number of hydrogen-bond donors (Lipinski definition) is 6. The second-order valence-electron chi connectivity index (χ2n) is 22.2. The highest BCUT2D eigenvalue weighted by molar-refractivity contribution is 5.80. The molecule has 0 saturated carbocycles. The molecule has 1 fully saturated rings. The van der Waals surface area contributed by atoms with Crippen molar-refractivity contribution in [2.75, 3.05) is 13.2 Å². The summed E-state index contributed by atoms with van der Waals surface area (Å²) >= 11 is 0. The first-order valence-corrected chi connectivity index (χ1v) is 32.4. The molecule has 1 aliphatic rings. The van der Waals surface area contributed by atoms with Crippen molar-refractivity contribution in [3.63, 3.8) is 0 Å². The minimum atomic E-state index is -1.63. The zero-order valence-corrected chi connectivity index (χ0v) is 50.5. The van der Waals surface area contributed by atoms with E-state index in [0.29, 0.717) is 12.8 Å². The minimum Gasteiger partial charge on any atom is -0.454 e. The van der Waals surface area contributed by atoms with Gasteiger partial charge in [-0.25, -0.2) is 0 Å². The first-order valence-electron chi connectivity index (χ1n) is 32.4. The van der Waals surface area contributed by atoms with Crippen LogP contribution < -0.4 is 5.32 Å². The molecule has 1 rings (SSSR count). The van der Waals surface area contributed by atoms with Gasteiger partial charge in [-0.1, -0.05) is 286 Å². The number of carbonyl (C=O) groups is 2. The average molecular weight is 1110 g/mol. The number of allylic oxidation sites excluding steroid dienone is 13. The number of ether oxygens (including phenoxy) is 3. The fourth-order valence-corrected chi connectivity index (χ4v) is 9.79. The highest BCUT2D eigenvalue weighted by Gasteiger charge is 2.47. The summed E-state index contributed by atoms with van der Waals surface area (Å²) in [5.74, 6) is -1.27. The van der Waals surface area contributed by atoms with Gasteiger partial charge >= 0.3 is 5.97 Å². The number of aliphatic hydroxyl groups is 5. The predicted molar refractivity (Wildman–Crippen MR) is 329 cm³/mol. The van der Waals surface area contributed by atoms with Crippen molar-refractivity contribution in [1.82, 2.24) is 5.32 Å². The van der Waals surface area contributed by atoms with Crippen LogP contribution in [0, 0.1) is 0 Å². The van der Waals surface area contributed by atoms with Crippen LogP contribution in [0.1, 0.15) is 271 Å². The molecular formula is C68H119NO10. The van der Waals surface area contributed by atoms with Gasteiger partial charge in [-0.2, -0.15) is 0 Å². The van der Waals surface area contributed by atoms with Gasteiger partial charge in [0.25, 0.3) is 0 Å². The van der Waals surface area contributed by atoms with Crippen molar-refractivity contribution in [3.05, 3.63) is 85.1 Å². The van der Waals surface area contributed by atoms with E-state index in [2.05, 4.69) is 44.3 Å². The lowest BCUT2D eigenvalue weighted by molar-refractivity contribution is -0.305. The summed E-state index contributed by atoms with van der Waals surface area (Å²) < 4.78 is 17.6. The number of carbonyl (C=O) groups excluding carboxylic acids is 2. The molecule has 8 unspecified atom stereocenters. The summed E-state index contributed by atoms with van der Waals surface area (Å²) in [7, 11) is 0. The van der Waals surface area contributed by atoms with Crippen molar-refractivity contribution in [3.8, 4) is 0 Å². The topological polar surface area (TPSA) is 175 Å². The van der Waals surface area contributed by atoms with Crippen LogP contribution in [-0.2, 0) is 23.8 Å². The van der Waals surface area contributed by atoms with E-state index in [1.807, 2.05) is 60.8 Å². The van der Waals surface area contributed by atoms with E-state index in [4.69, 9.17) is 14.2 Å². The molecular weight excluding hydrogens is 991 g/mol. The highest BCUT2D eigenvalue weighted by atomic mass is 16.7. The summed E-state index contributed by atoms with van der Waals surface area (Å²) in [6.07, 6.45) is 62.4. The molecule has 1 heterocycles. The maximum absolute atomic E-state index is 13.3. The number of rotatable bonds is 54. The molecule has 0 aromatic carbocycles. The lowest BCUT2D eigenvalue weighted by Gasteiger charge is -2.41. The Labute approximate surface area is 483 Å². The molecule has 1 aliphatic heterocycles. The maximum atomic E-state index is 13.3. The highest BCUT2D eigenvalue weighted by Crippen LogP contribution is 2.26. The van der Waals surface area contributed by atoms with E-state index in [1.54, 1.807) is 6.08 Å².